The van der Waals surface area contributed by atoms with Crippen molar-refractivity contribution in [3.63, 3.8) is 0 Å². The van der Waals surface area contributed by atoms with Gasteiger partial charge in [-0.2, -0.15) is 9.97 Å². The van der Waals surface area contributed by atoms with E-state index in [0.717, 1.165) is 36.4 Å². The molecule has 9 heteroatoms. The fourth-order valence-corrected chi connectivity index (χ4v) is 4.46. The number of nitrogens with two attached hydrogens (primary N) is 1. The van der Waals surface area contributed by atoms with Crippen LogP contribution in [0.5, 0.6) is 11.8 Å². The number of nitrogens with zero attached hydrogens (tertiary/aromatic N) is 4. The summed E-state index contributed by atoms with van der Waals surface area (Å²) in [5.41, 5.74) is 8.11. The lowest BCUT2D eigenvalue weighted by molar-refractivity contribution is 0.101. The second-order valence-corrected chi connectivity index (χ2v) is 8.08. The number of piperidine rings is 1. The number of Topliss-reactive ketones (excluding diaryl/α,β-unsaturated/α-hetero) is 1. The molecule has 8 nitrogen and oxygen atoms in total. The predicted molar refractivity (Wildman–Crippen MR) is 110 cm³/mol. The van der Waals surface area contributed by atoms with Gasteiger partial charge in [-0.1, -0.05) is 18.5 Å². The number of hydrogen-bond acceptors (Lipinski definition) is 7. The molecule has 3 aromatic heterocycles. The molecule has 0 amide bonds. The van der Waals surface area contributed by atoms with Crippen LogP contribution in [-0.2, 0) is 6.42 Å². The molecule has 1 aliphatic carbocycles. The van der Waals surface area contributed by atoms with Crippen molar-refractivity contribution in [2.75, 3.05) is 18.0 Å². The molecule has 2 aliphatic rings. The maximum absolute atomic E-state index is 11.6. The molecular weight excluding hydrogens is 392 g/mol. The zero-order valence-corrected chi connectivity index (χ0v) is 16.9. The average Bonchev–Trinajstić information content (AvgIpc) is 3.06. The van der Waals surface area contributed by atoms with Gasteiger partial charge < -0.3 is 20.4 Å². The van der Waals surface area contributed by atoms with Gasteiger partial charge in [0.25, 0.3) is 0 Å². The largest absolute Gasteiger partial charge is 0.423 e. The summed E-state index contributed by atoms with van der Waals surface area (Å²) in [6, 6.07) is 2.10. The number of carbonyl (C=O) groups is 1. The van der Waals surface area contributed by atoms with Crippen molar-refractivity contribution in [3.8, 4) is 11.8 Å². The summed E-state index contributed by atoms with van der Waals surface area (Å²) in [7, 11) is 0. The monoisotopic (exact) mass is 412 g/mol. The third-order valence-electron chi connectivity index (χ3n) is 5.87. The van der Waals surface area contributed by atoms with Crippen molar-refractivity contribution in [1.82, 2.24) is 19.9 Å². The Morgan fingerprint density at radius 2 is 2.10 bits per heavy atom. The first-order valence-corrected chi connectivity index (χ1v) is 10.1. The van der Waals surface area contributed by atoms with E-state index in [1.54, 1.807) is 6.07 Å². The number of carbonyl (C=O) groups excluding carboxylic acids is 1. The van der Waals surface area contributed by atoms with Crippen LogP contribution in [-0.4, -0.2) is 44.9 Å². The summed E-state index contributed by atoms with van der Waals surface area (Å²) in [5.74, 6) is 2.08. The molecule has 2 unspecified atom stereocenters. The van der Waals surface area contributed by atoms with Crippen molar-refractivity contribution in [1.29, 1.82) is 0 Å². The van der Waals surface area contributed by atoms with Gasteiger partial charge >= 0.3 is 6.01 Å². The minimum atomic E-state index is -0.0867. The van der Waals surface area contributed by atoms with Gasteiger partial charge in [0.15, 0.2) is 5.78 Å². The number of fused-ring (bicyclic) bond motifs is 2. The summed E-state index contributed by atoms with van der Waals surface area (Å²) in [5, 5.41) is 1.45. The number of aromatic nitrogens is 4. The van der Waals surface area contributed by atoms with Crippen LogP contribution in [0.1, 0.15) is 29.9 Å². The SMILES string of the molecule is CCc1[nH]c2nc(Oc3cncc(C(C)=O)c3)nc(N3CC4C(N)C4C3)c2c1Cl. The van der Waals surface area contributed by atoms with Gasteiger partial charge in [0.05, 0.1) is 16.6 Å². The first-order chi connectivity index (χ1) is 14.0. The molecule has 0 bridgehead atoms. The van der Waals surface area contributed by atoms with Crippen molar-refractivity contribution >= 4 is 34.2 Å². The third kappa shape index (κ3) is 3.03. The summed E-state index contributed by atoms with van der Waals surface area (Å²) in [4.78, 5) is 30.4. The Kier molecular flexibility index (Phi) is 4.22. The van der Waals surface area contributed by atoms with E-state index >= 15 is 0 Å². The van der Waals surface area contributed by atoms with Gasteiger partial charge in [0, 0.05) is 36.6 Å². The Balaban J connectivity index is 1.56. The molecule has 1 saturated carbocycles. The minimum absolute atomic E-state index is 0.0867. The van der Waals surface area contributed by atoms with E-state index in [1.807, 2.05) is 6.92 Å². The lowest BCUT2D eigenvalue weighted by Crippen LogP contribution is -2.29. The van der Waals surface area contributed by atoms with Gasteiger partial charge in [0.2, 0.25) is 0 Å². The Hall–Kier alpha value is -2.71. The smallest absolute Gasteiger partial charge is 0.326 e. The van der Waals surface area contributed by atoms with E-state index in [-0.39, 0.29) is 17.8 Å². The molecular formula is C20H21ClN6O2. The Bertz CT molecular complexity index is 1120. The van der Waals surface area contributed by atoms with Crippen LogP contribution in [0, 0.1) is 11.8 Å². The van der Waals surface area contributed by atoms with E-state index in [4.69, 9.17) is 22.1 Å². The number of rotatable bonds is 5. The second-order valence-electron chi connectivity index (χ2n) is 7.70. The maximum Gasteiger partial charge on any atom is 0.326 e. The van der Waals surface area contributed by atoms with Gasteiger partial charge in [-0.3, -0.25) is 9.78 Å². The van der Waals surface area contributed by atoms with Gasteiger partial charge in [-0.05, 0) is 31.2 Å². The minimum Gasteiger partial charge on any atom is -0.423 e. The molecule has 1 aliphatic heterocycles. The lowest BCUT2D eigenvalue weighted by Gasteiger charge is -2.21. The number of hydrogen-bond donors (Lipinski definition) is 2. The molecule has 0 aromatic carbocycles. The fraction of sp³-hybridized carbons (Fsp3) is 0.400. The number of H-pyrrole nitrogens is 1. The number of ketones is 1. The molecule has 4 heterocycles. The number of anilines is 1. The van der Waals surface area contributed by atoms with Crippen molar-refractivity contribution < 1.29 is 9.53 Å². The highest BCUT2D eigenvalue weighted by Gasteiger charge is 2.54. The number of nitrogens with one attached hydrogen (secondary N) is 1. The van der Waals surface area contributed by atoms with Crippen LogP contribution in [0.15, 0.2) is 18.5 Å². The highest BCUT2D eigenvalue weighted by molar-refractivity contribution is 6.37. The van der Waals surface area contributed by atoms with Crippen LogP contribution in [0.25, 0.3) is 11.0 Å². The van der Waals surface area contributed by atoms with Gasteiger partial charge in [-0.15, -0.1) is 0 Å². The van der Waals surface area contributed by atoms with E-state index < -0.39 is 0 Å². The second kappa shape index (κ2) is 6.67. The normalized spacial score (nSPS) is 22.8. The van der Waals surface area contributed by atoms with Crippen molar-refractivity contribution in [3.05, 3.63) is 34.7 Å². The predicted octanol–water partition coefficient (Wildman–Crippen LogP) is 2.96. The topological polar surface area (TPSA) is 110 Å². The fourth-order valence-electron chi connectivity index (χ4n) is 4.11. The van der Waals surface area contributed by atoms with E-state index in [2.05, 4.69) is 24.8 Å². The first kappa shape index (κ1) is 18.3. The van der Waals surface area contributed by atoms with Gasteiger partial charge in [0.1, 0.15) is 17.2 Å². The number of ether oxygens (including phenoxy) is 1. The highest BCUT2D eigenvalue weighted by atomic mass is 35.5. The Morgan fingerprint density at radius 3 is 2.79 bits per heavy atom. The van der Waals surface area contributed by atoms with Gasteiger partial charge in [-0.25, -0.2) is 0 Å². The zero-order valence-electron chi connectivity index (χ0n) is 16.1. The molecule has 0 spiro atoms. The number of pyridine rings is 1. The molecule has 2 atom stereocenters. The first-order valence-electron chi connectivity index (χ1n) is 9.68. The highest BCUT2D eigenvalue weighted by Crippen LogP contribution is 2.47. The molecule has 3 N–H and O–H groups in total. The Morgan fingerprint density at radius 1 is 1.34 bits per heavy atom. The molecule has 29 heavy (non-hydrogen) atoms. The van der Waals surface area contributed by atoms with Crippen LogP contribution >= 0.6 is 11.6 Å². The van der Waals surface area contributed by atoms with Crippen molar-refractivity contribution in [2.24, 2.45) is 17.6 Å². The summed E-state index contributed by atoms with van der Waals surface area (Å²) < 4.78 is 5.87. The molecule has 5 rings (SSSR count). The molecule has 150 valence electrons. The maximum atomic E-state index is 11.6. The summed E-state index contributed by atoms with van der Waals surface area (Å²) >= 11 is 6.63. The Labute approximate surface area is 172 Å². The van der Waals surface area contributed by atoms with E-state index in [1.165, 1.54) is 19.3 Å². The quantitative estimate of drug-likeness (QED) is 0.620. The number of aryl methyl sites for hydroxylation is 1. The molecule has 2 fully saturated rings. The van der Waals surface area contributed by atoms with Crippen LogP contribution in [0.4, 0.5) is 5.82 Å². The van der Waals surface area contributed by atoms with Crippen LogP contribution < -0.4 is 15.4 Å². The molecule has 0 radical (unpaired) electrons. The van der Waals surface area contributed by atoms with E-state index in [9.17, 15) is 4.79 Å². The number of aromatic amines is 1. The van der Waals surface area contributed by atoms with Crippen LogP contribution in [0.2, 0.25) is 5.02 Å². The standard InChI is InChI=1S/C20H21ClN6O2/c1-3-14-16(21)15-18(24-14)25-20(29-11-4-10(9(2)28)5-23-6-11)26-19(15)27-7-12-13(8-27)17(12)22/h4-6,12-13,17H,3,7-8,22H2,1-2H3,(H,24,25,26). The lowest BCUT2D eigenvalue weighted by atomic mass is 10.2. The summed E-state index contributed by atoms with van der Waals surface area (Å²) in [6.07, 6.45) is 3.79. The zero-order chi connectivity index (χ0) is 20.3. The van der Waals surface area contributed by atoms with Crippen LogP contribution in [0.3, 0.4) is 0 Å². The summed E-state index contributed by atoms with van der Waals surface area (Å²) in [6.45, 7) is 5.21. The number of halogens is 1. The third-order valence-corrected chi connectivity index (χ3v) is 6.28. The van der Waals surface area contributed by atoms with E-state index in [0.29, 0.717) is 33.8 Å². The molecule has 3 aromatic rings. The van der Waals surface area contributed by atoms with Crippen molar-refractivity contribution in [2.45, 2.75) is 26.3 Å². The molecule has 1 saturated heterocycles. The average molecular weight is 413 g/mol.